The molecule has 0 aromatic carbocycles. The maximum atomic E-state index is 12.1. The summed E-state index contributed by atoms with van der Waals surface area (Å²) in [4.78, 5) is 16.3. The molecule has 17 heavy (non-hydrogen) atoms. The molecule has 1 amide bonds. The van der Waals surface area contributed by atoms with Gasteiger partial charge in [0.2, 0.25) is 5.91 Å². The largest absolute Gasteiger partial charge is 0.392 e. The molecule has 6 heteroatoms. The number of rotatable bonds is 4. The zero-order valence-corrected chi connectivity index (χ0v) is 12.1. The van der Waals surface area contributed by atoms with Gasteiger partial charge in [-0.3, -0.25) is 9.78 Å². The summed E-state index contributed by atoms with van der Waals surface area (Å²) in [5.74, 6) is -0.209. The predicted octanol–water partition coefficient (Wildman–Crippen LogP) is 2.48. The molecule has 1 aromatic heterocycles. The van der Waals surface area contributed by atoms with Crippen LogP contribution in [0.15, 0.2) is 22.9 Å². The summed E-state index contributed by atoms with van der Waals surface area (Å²) >= 11 is 8.26. The van der Waals surface area contributed by atoms with E-state index < -0.39 is 5.41 Å². The quantitative estimate of drug-likeness (QED) is 0.838. The summed E-state index contributed by atoms with van der Waals surface area (Å²) in [5.41, 5.74) is 5.44. The molecule has 1 atom stereocenters. The zero-order valence-electron chi connectivity index (χ0n) is 9.66. The van der Waals surface area contributed by atoms with Crippen molar-refractivity contribution in [2.75, 3.05) is 5.32 Å². The molecule has 1 unspecified atom stereocenters. The number of pyridine rings is 1. The number of nitrogens with two attached hydrogens (primary N) is 1. The molecule has 0 spiro atoms. The first-order chi connectivity index (χ1) is 7.91. The van der Waals surface area contributed by atoms with Crippen molar-refractivity contribution in [3.05, 3.63) is 22.9 Å². The predicted molar refractivity (Wildman–Crippen MR) is 75.8 cm³/mol. The van der Waals surface area contributed by atoms with Crippen LogP contribution in [-0.2, 0) is 4.79 Å². The number of anilines is 1. The van der Waals surface area contributed by atoms with Gasteiger partial charge in [0.25, 0.3) is 0 Å². The summed E-state index contributed by atoms with van der Waals surface area (Å²) in [6, 6.07) is 1.71. The van der Waals surface area contributed by atoms with Crippen molar-refractivity contribution < 1.29 is 4.79 Å². The maximum Gasteiger partial charge on any atom is 0.237 e. The first kappa shape index (κ1) is 14.1. The Kier molecular flexibility index (Phi) is 4.59. The molecule has 0 bridgehead atoms. The summed E-state index contributed by atoms with van der Waals surface area (Å²) in [6.07, 6.45) is 3.76. The van der Waals surface area contributed by atoms with Gasteiger partial charge in [-0.15, -0.1) is 0 Å². The minimum Gasteiger partial charge on any atom is -0.392 e. The second-order valence-corrected chi connectivity index (χ2v) is 5.15. The number of aromatic nitrogens is 1. The smallest absolute Gasteiger partial charge is 0.237 e. The van der Waals surface area contributed by atoms with Crippen LogP contribution < -0.4 is 11.1 Å². The fourth-order valence-electron chi connectivity index (χ4n) is 1.18. The Bertz CT molecular complexity index is 452. The standard InChI is InChI=1S/C11H14BrN3OS/c1-3-11(2,9(13)17)10(16)15-8-4-5-14-6-7(8)12/h4-6H,3H2,1-2H3,(H2,13,17)(H,14,15,16). The van der Waals surface area contributed by atoms with E-state index in [1.807, 2.05) is 6.92 Å². The number of nitrogens with one attached hydrogen (secondary N) is 1. The highest BCUT2D eigenvalue weighted by Gasteiger charge is 2.34. The van der Waals surface area contributed by atoms with Gasteiger partial charge in [-0.2, -0.15) is 0 Å². The summed E-state index contributed by atoms with van der Waals surface area (Å²) < 4.78 is 0.717. The van der Waals surface area contributed by atoms with Crippen LogP contribution in [-0.4, -0.2) is 15.9 Å². The minimum absolute atomic E-state index is 0.197. The number of thiocarbonyl (C=S) groups is 1. The van der Waals surface area contributed by atoms with Crippen molar-refractivity contribution in [1.29, 1.82) is 0 Å². The molecule has 3 N–H and O–H groups in total. The van der Waals surface area contributed by atoms with Crippen molar-refractivity contribution in [2.24, 2.45) is 11.1 Å². The summed E-state index contributed by atoms with van der Waals surface area (Å²) in [6.45, 7) is 3.61. The first-order valence-electron chi connectivity index (χ1n) is 5.12. The average Bonchev–Trinajstić information content (AvgIpc) is 2.30. The van der Waals surface area contributed by atoms with Gasteiger partial charge in [0.15, 0.2) is 0 Å². The second kappa shape index (κ2) is 5.55. The Labute approximate surface area is 114 Å². The lowest BCUT2D eigenvalue weighted by atomic mass is 9.86. The molecule has 4 nitrogen and oxygen atoms in total. The van der Waals surface area contributed by atoms with Crippen LogP contribution in [0.2, 0.25) is 0 Å². The van der Waals surface area contributed by atoms with Crippen molar-refractivity contribution in [3.8, 4) is 0 Å². The number of halogens is 1. The molecule has 0 radical (unpaired) electrons. The third-order valence-corrected chi connectivity index (χ3v) is 3.86. The molecule has 0 fully saturated rings. The molecule has 92 valence electrons. The van der Waals surface area contributed by atoms with E-state index in [-0.39, 0.29) is 10.9 Å². The number of hydrogen-bond acceptors (Lipinski definition) is 3. The van der Waals surface area contributed by atoms with Crippen LogP contribution >= 0.6 is 28.1 Å². The Morgan fingerprint density at radius 3 is 2.82 bits per heavy atom. The third-order valence-electron chi connectivity index (χ3n) is 2.77. The molecule has 0 saturated carbocycles. The Balaban J connectivity index is 2.93. The van der Waals surface area contributed by atoms with Gasteiger partial charge in [-0.05, 0) is 35.3 Å². The van der Waals surface area contributed by atoms with E-state index in [4.69, 9.17) is 18.0 Å². The van der Waals surface area contributed by atoms with Crippen molar-refractivity contribution in [3.63, 3.8) is 0 Å². The normalized spacial score (nSPS) is 13.8. The van der Waals surface area contributed by atoms with E-state index >= 15 is 0 Å². The van der Waals surface area contributed by atoms with Gasteiger partial charge in [-0.1, -0.05) is 19.1 Å². The summed E-state index contributed by atoms with van der Waals surface area (Å²) in [5, 5.41) is 2.79. The SMILES string of the molecule is CCC(C)(C(=O)Nc1ccncc1Br)C(N)=S. The highest BCUT2D eigenvalue weighted by molar-refractivity contribution is 9.10. The number of amides is 1. The van der Waals surface area contributed by atoms with Gasteiger partial charge in [0, 0.05) is 12.4 Å². The van der Waals surface area contributed by atoms with Crippen LogP contribution in [0.4, 0.5) is 5.69 Å². The fourth-order valence-corrected chi connectivity index (χ4v) is 1.77. The van der Waals surface area contributed by atoms with Gasteiger partial charge in [-0.25, -0.2) is 0 Å². The van der Waals surface area contributed by atoms with Gasteiger partial charge < -0.3 is 11.1 Å². The number of hydrogen-bond donors (Lipinski definition) is 2. The zero-order chi connectivity index (χ0) is 13.1. The van der Waals surface area contributed by atoms with E-state index in [0.29, 0.717) is 12.1 Å². The van der Waals surface area contributed by atoms with Crippen molar-refractivity contribution in [1.82, 2.24) is 4.98 Å². The monoisotopic (exact) mass is 315 g/mol. The lowest BCUT2D eigenvalue weighted by molar-refractivity contribution is -0.121. The van der Waals surface area contributed by atoms with E-state index in [2.05, 4.69) is 26.2 Å². The average molecular weight is 316 g/mol. The topological polar surface area (TPSA) is 68.0 Å². The first-order valence-corrected chi connectivity index (χ1v) is 6.32. The van der Waals surface area contributed by atoms with E-state index in [0.717, 1.165) is 4.47 Å². The van der Waals surface area contributed by atoms with Crippen molar-refractivity contribution >= 4 is 44.7 Å². The Morgan fingerprint density at radius 2 is 2.35 bits per heavy atom. The highest BCUT2D eigenvalue weighted by Crippen LogP contribution is 2.26. The van der Waals surface area contributed by atoms with Crippen LogP contribution in [0, 0.1) is 5.41 Å². The second-order valence-electron chi connectivity index (χ2n) is 3.86. The maximum absolute atomic E-state index is 12.1. The molecule has 1 aromatic rings. The molecular weight excluding hydrogens is 302 g/mol. The van der Waals surface area contributed by atoms with Crippen LogP contribution in [0.25, 0.3) is 0 Å². The van der Waals surface area contributed by atoms with E-state index in [9.17, 15) is 4.79 Å². The van der Waals surface area contributed by atoms with Crippen LogP contribution in [0.5, 0.6) is 0 Å². The Hall–Kier alpha value is -1.01. The molecule has 0 aliphatic heterocycles. The summed E-state index contributed by atoms with van der Waals surface area (Å²) in [7, 11) is 0. The molecular formula is C11H14BrN3OS. The number of nitrogens with zero attached hydrogens (tertiary/aromatic N) is 1. The van der Waals surface area contributed by atoms with Gasteiger partial charge >= 0.3 is 0 Å². The lowest BCUT2D eigenvalue weighted by Crippen LogP contribution is -2.43. The van der Waals surface area contributed by atoms with Gasteiger partial charge in [0.1, 0.15) is 0 Å². The fraction of sp³-hybridized carbons (Fsp3) is 0.364. The number of carbonyl (C=O) groups excluding carboxylic acids is 1. The van der Waals surface area contributed by atoms with E-state index in [1.54, 1.807) is 25.4 Å². The molecule has 0 aliphatic rings. The molecule has 0 saturated heterocycles. The van der Waals surface area contributed by atoms with E-state index in [1.165, 1.54) is 0 Å². The molecule has 1 heterocycles. The molecule has 0 aliphatic carbocycles. The lowest BCUT2D eigenvalue weighted by Gasteiger charge is -2.25. The minimum atomic E-state index is -0.835. The third kappa shape index (κ3) is 3.01. The van der Waals surface area contributed by atoms with Gasteiger partial charge in [0.05, 0.1) is 20.6 Å². The van der Waals surface area contributed by atoms with Crippen LogP contribution in [0.1, 0.15) is 20.3 Å². The van der Waals surface area contributed by atoms with Crippen molar-refractivity contribution in [2.45, 2.75) is 20.3 Å². The number of carbonyl (C=O) groups is 1. The highest BCUT2D eigenvalue weighted by atomic mass is 79.9. The molecule has 1 rings (SSSR count). The Morgan fingerprint density at radius 1 is 1.71 bits per heavy atom. The van der Waals surface area contributed by atoms with Crippen LogP contribution in [0.3, 0.4) is 0 Å².